The maximum Gasteiger partial charge on any atom is 0.270 e. The number of ether oxygens (including phenoxy) is 2. The average Bonchev–Trinajstić information content (AvgIpc) is 3.11. The largest absolute Gasteiger partial charge is 0.495 e. The van der Waals surface area contributed by atoms with Gasteiger partial charge in [-0.15, -0.1) is 11.3 Å². The van der Waals surface area contributed by atoms with Crippen molar-refractivity contribution in [3.05, 3.63) is 35.3 Å². The first-order valence-corrected chi connectivity index (χ1v) is 8.91. The zero-order valence-electron chi connectivity index (χ0n) is 14.7. The summed E-state index contributed by atoms with van der Waals surface area (Å²) in [5.41, 5.74) is 1.07. The highest BCUT2D eigenvalue weighted by molar-refractivity contribution is 7.14. The number of carbonyl (C=O) groups excluding carboxylic acids is 2. The van der Waals surface area contributed by atoms with E-state index in [-0.39, 0.29) is 24.8 Å². The molecule has 0 aliphatic carbocycles. The molecule has 1 aromatic carbocycles. The number of aromatic nitrogens is 1. The lowest BCUT2D eigenvalue weighted by Crippen LogP contribution is -2.32. The first-order valence-electron chi connectivity index (χ1n) is 8.03. The molecule has 0 saturated heterocycles. The highest BCUT2D eigenvalue weighted by Crippen LogP contribution is 2.28. The number of rotatable bonds is 10. The van der Waals surface area contributed by atoms with E-state index in [1.165, 1.54) is 11.3 Å². The summed E-state index contributed by atoms with van der Waals surface area (Å²) in [5, 5.41) is 10.7. The monoisotopic (exact) mass is 378 g/mol. The van der Waals surface area contributed by atoms with Gasteiger partial charge in [-0.05, 0) is 12.1 Å². The molecule has 0 atom stereocenters. The number of hydrogen-bond donors (Lipinski definition) is 3. The second kappa shape index (κ2) is 10.4. The summed E-state index contributed by atoms with van der Waals surface area (Å²) in [5.74, 6) is 0.228. The number of para-hydroxylation sites is 2. The molecule has 3 N–H and O–H groups in total. The Morgan fingerprint density at radius 2 is 1.96 bits per heavy atom. The first kappa shape index (κ1) is 19.7. The summed E-state index contributed by atoms with van der Waals surface area (Å²) >= 11 is 1.31. The number of methoxy groups -OCH3 is 2. The van der Waals surface area contributed by atoms with Crippen LogP contribution in [0.15, 0.2) is 29.6 Å². The van der Waals surface area contributed by atoms with E-state index < -0.39 is 0 Å². The number of thiazole rings is 1. The molecule has 2 amide bonds. The number of anilines is 2. The molecule has 9 heteroatoms. The Morgan fingerprint density at radius 1 is 1.15 bits per heavy atom. The summed E-state index contributed by atoms with van der Waals surface area (Å²) in [6.45, 7) is 1.15. The molecule has 0 aliphatic heterocycles. The maximum absolute atomic E-state index is 12.1. The van der Waals surface area contributed by atoms with E-state index >= 15 is 0 Å². The third-order valence-corrected chi connectivity index (χ3v) is 4.11. The van der Waals surface area contributed by atoms with Crippen LogP contribution in [0.3, 0.4) is 0 Å². The van der Waals surface area contributed by atoms with E-state index in [9.17, 15) is 9.59 Å². The minimum atomic E-state index is -0.320. The van der Waals surface area contributed by atoms with Gasteiger partial charge >= 0.3 is 0 Å². The quantitative estimate of drug-likeness (QED) is 0.545. The molecule has 0 unspecified atom stereocenters. The average molecular weight is 378 g/mol. The van der Waals surface area contributed by atoms with Gasteiger partial charge in [0.1, 0.15) is 11.4 Å². The lowest BCUT2D eigenvalue weighted by molar-refractivity contribution is -0.121. The van der Waals surface area contributed by atoms with E-state index in [0.29, 0.717) is 29.7 Å². The Kier molecular flexibility index (Phi) is 7.84. The van der Waals surface area contributed by atoms with Gasteiger partial charge in [0, 0.05) is 32.0 Å². The highest BCUT2D eigenvalue weighted by atomic mass is 32.1. The molecule has 1 aromatic heterocycles. The molecule has 140 valence electrons. The van der Waals surface area contributed by atoms with Crippen molar-refractivity contribution < 1.29 is 19.1 Å². The van der Waals surface area contributed by atoms with Crippen LogP contribution >= 0.6 is 11.3 Å². The SMILES string of the molecule is COCCNC(=O)CCNC(=O)c1csc(Nc2ccccc2OC)n1. The van der Waals surface area contributed by atoms with Crippen molar-refractivity contribution in [3.63, 3.8) is 0 Å². The predicted octanol–water partition coefficient (Wildman–Crippen LogP) is 1.78. The van der Waals surface area contributed by atoms with Crippen molar-refractivity contribution in [2.24, 2.45) is 0 Å². The molecular formula is C17H22N4O4S. The van der Waals surface area contributed by atoms with E-state index in [1.54, 1.807) is 19.6 Å². The minimum absolute atomic E-state index is 0.140. The molecule has 2 aromatic rings. The van der Waals surface area contributed by atoms with E-state index in [0.717, 1.165) is 5.69 Å². The van der Waals surface area contributed by atoms with Gasteiger partial charge in [0.25, 0.3) is 5.91 Å². The Labute approximate surface area is 155 Å². The van der Waals surface area contributed by atoms with Crippen molar-refractivity contribution in [1.29, 1.82) is 0 Å². The zero-order chi connectivity index (χ0) is 18.8. The van der Waals surface area contributed by atoms with Crippen molar-refractivity contribution in [1.82, 2.24) is 15.6 Å². The van der Waals surface area contributed by atoms with Crippen molar-refractivity contribution in [2.75, 3.05) is 39.2 Å². The normalized spacial score (nSPS) is 10.2. The van der Waals surface area contributed by atoms with E-state index in [4.69, 9.17) is 9.47 Å². The molecule has 0 bridgehead atoms. The Balaban J connectivity index is 1.81. The topological polar surface area (TPSA) is 102 Å². The van der Waals surface area contributed by atoms with E-state index in [1.807, 2.05) is 24.3 Å². The minimum Gasteiger partial charge on any atom is -0.495 e. The van der Waals surface area contributed by atoms with E-state index in [2.05, 4.69) is 20.9 Å². The number of benzene rings is 1. The molecule has 0 radical (unpaired) electrons. The molecule has 8 nitrogen and oxygen atoms in total. The summed E-state index contributed by atoms with van der Waals surface area (Å²) in [6, 6.07) is 7.45. The van der Waals surface area contributed by atoms with Crippen LogP contribution in [0.2, 0.25) is 0 Å². The van der Waals surface area contributed by atoms with Crippen LogP contribution in [0.5, 0.6) is 5.75 Å². The number of carbonyl (C=O) groups is 2. The Hall–Kier alpha value is -2.65. The molecule has 0 saturated carbocycles. The second-order valence-electron chi connectivity index (χ2n) is 5.21. The van der Waals surface area contributed by atoms with Crippen LogP contribution in [0, 0.1) is 0 Å². The highest BCUT2D eigenvalue weighted by Gasteiger charge is 2.12. The summed E-state index contributed by atoms with van der Waals surface area (Å²) < 4.78 is 10.1. The summed E-state index contributed by atoms with van der Waals surface area (Å²) in [7, 11) is 3.16. The van der Waals surface area contributed by atoms with Gasteiger partial charge in [0.2, 0.25) is 5.91 Å². The maximum atomic E-state index is 12.1. The fourth-order valence-electron chi connectivity index (χ4n) is 2.06. The van der Waals surface area contributed by atoms with Gasteiger partial charge in [-0.2, -0.15) is 0 Å². The zero-order valence-corrected chi connectivity index (χ0v) is 15.5. The predicted molar refractivity (Wildman–Crippen MR) is 100 cm³/mol. The standard InChI is InChI=1S/C17H22N4O4S/c1-24-10-9-18-15(22)7-8-19-16(23)13-11-26-17(21-13)20-12-5-3-4-6-14(12)25-2/h3-6,11H,7-10H2,1-2H3,(H,18,22)(H,19,23)(H,20,21). The Morgan fingerprint density at radius 3 is 2.73 bits per heavy atom. The number of nitrogens with zero attached hydrogens (tertiary/aromatic N) is 1. The number of hydrogen-bond acceptors (Lipinski definition) is 7. The second-order valence-corrected chi connectivity index (χ2v) is 6.07. The van der Waals surface area contributed by atoms with Gasteiger partial charge in [0.05, 0.1) is 19.4 Å². The molecule has 1 heterocycles. The summed E-state index contributed by atoms with van der Waals surface area (Å²) in [6.07, 6.45) is 0.200. The van der Waals surface area contributed by atoms with Gasteiger partial charge in [-0.3, -0.25) is 9.59 Å². The molecule has 2 rings (SSSR count). The fourth-order valence-corrected chi connectivity index (χ4v) is 2.76. The van der Waals surface area contributed by atoms with Crippen molar-refractivity contribution in [2.45, 2.75) is 6.42 Å². The summed E-state index contributed by atoms with van der Waals surface area (Å²) in [4.78, 5) is 27.9. The molecule has 0 spiro atoms. The fraction of sp³-hybridized carbons (Fsp3) is 0.353. The number of nitrogens with one attached hydrogen (secondary N) is 3. The van der Waals surface area contributed by atoms with Crippen LogP contribution < -0.4 is 20.7 Å². The van der Waals surface area contributed by atoms with Gasteiger partial charge in [0.15, 0.2) is 5.13 Å². The van der Waals surface area contributed by atoms with Crippen molar-refractivity contribution >= 4 is 34.0 Å². The van der Waals surface area contributed by atoms with Gasteiger partial charge in [-0.1, -0.05) is 12.1 Å². The van der Waals surface area contributed by atoms with Gasteiger partial charge in [-0.25, -0.2) is 4.98 Å². The first-order chi connectivity index (χ1) is 12.6. The van der Waals surface area contributed by atoms with Crippen LogP contribution in [0.25, 0.3) is 0 Å². The smallest absolute Gasteiger partial charge is 0.270 e. The van der Waals surface area contributed by atoms with Gasteiger partial charge < -0.3 is 25.4 Å². The Bertz CT molecular complexity index is 735. The third kappa shape index (κ3) is 6.01. The van der Waals surface area contributed by atoms with Crippen LogP contribution in [-0.4, -0.2) is 50.7 Å². The van der Waals surface area contributed by atoms with Crippen molar-refractivity contribution in [3.8, 4) is 5.75 Å². The van der Waals surface area contributed by atoms with Crippen LogP contribution in [-0.2, 0) is 9.53 Å². The molecule has 0 fully saturated rings. The van der Waals surface area contributed by atoms with Crippen LogP contribution in [0.1, 0.15) is 16.9 Å². The lowest BCUT2D eigenvalue weighted by atomic mass is 10.3. The van der Waals surface area contributed by atoms with Crippen LogP contribution in [0.4, 0.5) is 10.8 Å². The molecule has 26 heavy (non-hydrogen) atoms. The third-order valence-electron chi connectivity index (χ3n) is 3.35. The molecular weight excluding hydrogens is 356 g/mol. The molecule has 0 aliphatic rings. The lowest BCUT2D eigenvalue weighted by Gasteiger charge is -2.08. The number of amides is 2.